The monoisotopic (exact) mass is 213 g/mol. The second-order valence-electron chi connectivity index (χ2n) is 3.64. The SMILES string of the molecule is Cn1c2ccccc2c2ncnc(NN)c21. The average Bonchev–Trinajstić information content (AvgIpc) is 2.64. The van der Waals surface area contributed by atoms with Crippen molar-refractivity contribution in [3.63, 3.8) is 0 Å². The average molecular weight is 213 g/mol. The quantitative estimate of drug-likeness (QED) is 0.473. The van der Waals surface area contributed by atoms with Crippen molar-refractivity contribution in [2.75, 3.05) is 5.43 Å². The van der Waals surface area contributed by atoms with Gasteiger partial charge in [-0.15, -0.1) is 0 Å². The number of nitrogens with zero attached hydrogens (tertiary/aromatic N) is 3. The number of aryl methyl sites for hydroxylation is 1. The molecule has 3 rings (SSSR count). The van der Waals surface area contributed by atoms with Crippen LogP contribution < -0.4 is 11.3 Å². The van der Waals surface area contributed by atoms with Gasteiger partial charge in [-0.1, -0.05) is 18.2 Å². The predicted octanol–water partition coefficient (Wildman–Crippen LogP) is 1.41. The van der Waals surface area contributed by atoms with Crippen LogP contribution >= 0.6 is 0 Å². The van der Waals surface area contributed by atoms with Gasteiger partial charge in [0.05, 0.1) is 5.52 Å². The lowest BCUT2D eigenvalue weighted by molar-refractivity contribution is 1.00. The van der Waals surface area contributed by atoms with E-state index in [1.165, 1.54) is 6.33 Å². The van der Waals surface area contributed by atoms with E-state index in [0.717, 1.165) is 21.9 Å². The molecule has 2 aromatic heterocycles. The Labute approximate surface area is 91.9 Å². The fourth-order valence-corrected chi connectivity index (χ4v) is 2.09. The van der Waals surface area contributed by atoms with Gasteiger partial charge in [0.15, 0.2) is 5.82 Å². The Bertz CT molecular complexity index is 670. The molecule has 0 fully saturated rings. The van der Waals surface area contributed by atoms with Crippen LogP contribution in [-0.4, -0.2) is 14.5 Å². The molecule has 0 atom stereocenters. The highest BCUT2D eigenvalue weighted by molar-refractivity contribution is 6.08. The van der Waals surface area contributed by atoms with Crippen molar-refractivity contribution in [2.45, 2.75) is 0 Å². The molecule has 0 saturated carbocycles. The zero-order valence-electron chi connectivity index (χ0n) is 8.81. The number of rotatable bonds is 1. The molecule has 0 saturated heterocycles. The first-order chi connectivity index (χ1) is 7.83. The first kappa shape index (κ1) is 9.11. The van der Waals surface area contributed by atoms with Gasteiger partial charge in [-0.25, -0.2) is 15.8 Å². The molecule has 0 radical (unpaired) electrons. The molecule has 0 aliphatic carbocycles. The Kier molecular flexibility index (Phi) is 1.81. The number of hydrogen-bond acceptors (Lipinski definition) is 4. The van der Waals surface area contributed by atoms with E-state index in [-0.39, 0.29) is 0 Å². The van der Waals surface area contributed by atoms with Gasteiger partial charge in [-0.2, -0.15) is 0 Å². The number of fused-ring (bicyclic) bond motifs is 3. The summed E-state index contributed by atoms with van der Waals surface area (Å²) in [6, 6.07) is 8.10. The second-order valence-corrected chi connectivity index (χ2v) is 3.64. The van der Waals surface area contributed by atoms with Gasteiger partial charge >= 0.3 is 0 Å². The molecule has 16 heavy (non-hydrogen) atoms. The number of nitrogens with two attached hydrogens (primary N) is 1. The fraction of sp³-hybridized carbons (Fsp3) is 0.0909. The van der Waals surface area contributed by atoms with Gasteiger partial charge in [-0.05, 0) is 6.07 Å². The van der Waals surface area contributed by atoms with Crippen molar-refractivity contribution in [1.29, 1.82) is 0 Å². The second kappa shape index (κ2) is 3.18. The first-order valence-corrected chi connectivity index (χ1v) is 4.97. The molecule has 2 heterocycles. The third kappa shape index (κ3) is 1.03. The molecule has 0 spiro atoms. The van der Waals surface area contributed by atoms with E-state index in [0.29, 0.717) is 5.82 Å². The highest BCUT2D eigenvalue weighted by Crippen LogP contribution is 2.28. The molecule has 0 amide bonds. The van der Waals surface area contributed by atoms with Crippen molar-refractivity contribution in [3.8, 4) is 0 Å². The molecule has 80 valence electrons. The maximum atomic E-state index is 5.45. The van der Waals surface area contributed by atoms with E-state index in [4.69, 9.17) is 5.84 Å². The lowest BCUT2D eigenvalue weighted by Crippen LogP contribution is -2.10. The number of hydrogen-bond donors (Lipinski definition) is 2. The maximum absolute atomic E-state index is 5.45. The minimum Gasteiger partial charge on any atom is -0.339 e. The molecule has 0 aliphatic rings. The van der Waals surface area contributed by atoms with Crippen LogP contribution in [0, 0.1) is 0 Å². The summed E-state index contributed by atoms with van der Waals surface area (Å²) in [5.41, 5.74) is 5.56. The Morgan fingerprint density at radius 2 is 2.06 bits per heavy atom. The van der Waals surface area contributed by atoms with Gasteiger partial charge in [-0.3, -0.25) is 0 Å². The minimum absolute atomic E-state index is 0.642. The van der Waals surface area contributed by atoms with E-state index in [9.17, 15) is 0 Å². The summed E-state index contributed by atoms with van der Waals surface area (Å²) < 4.78 is 2.04. The molecule has 1 aromatic carbocycles. The molecular weight excluding hydrogens is 202 g/mol. The summed E-state index contributed by atoms with van der Waals surface area (Å²) in [5, 5.41) is 1.11. The molecule has 0 aliphatic heterocycles. The van der Waals surface area contributed by atoms with Crippen LogP contribution in [0.1, 0.15) is 0 Å². The smallest absolute Gasteiger partial charge is 0.168 e. The van der Waals surface area contributed by atoms with Crippen LogP contribution in [-0.2, 0) is 7.05 Å². The summed E-state index contributed by atoms with van der Waals surface area (Å²) in [7, 11) is 1.98. The zero-order chi connectivity index (χ0) is 11.1. The van der Waals surface area contributed by atoms with Crippen molar-refractivity contribution in [2.24, 2.45) is 12.9 Å². The minimum atomic E-state index is 0.642. The molecule has 3 N–H and O–H groups in total. The van der Waals surface area contributed by atoms with Crippen molar-refractivity contribution < 1.29 is 0 Å². The van der Waals surface area contributed by atoms with Crippen LogP contribution in [0.2, 0.25) is 0 Å². The van der Waals surface area contributed by atoms with Crippen molar-refractivity contribution >= 4 is 27.8 Å². The lowest BCUT2D eigenvalue weighted by atomic mass is 10.2. The van der Waals surface area contributed by atoms with Crippen molar-refractivity contribution in [3.05, 3.63) is 30.6 Å². The highest BCUT2D eigenvalue weighted by Gasteiger charge is 2.12. The van der Waals surface area contributed by atoms with E-state index >= 15 is 0 Å². The number of para-hydroxylation sites is 1. The predicted molar refractivity (Wildman–Crippen MR) is 63.8 cm³/mol. The van der Waals surface area contributed by atoms with Gasteiger partial charge in [0, 0.05) is 12.4 Å². The largest absolute Gasteiger partial charge is 0.339 e. The van der Waals surface area contributed by atoms with Crippen LogP contribution in [0.25, 0.3) is 21.9 Å². The Morgan fingerprint density at radius 1 is 1.25 bits per heavy atom. The first-order valence-electron chi connectivity index (χ1n) is 4.97. The number of benzene rings is 1. The Morgan fingerprint density at radius 3 is 2.88 bits per heavy atom. The number of nitrogens with one attached hydrogen (secondary N) is 1. The number of aromatic nitrogens is 3. The van der Waals surface area contributed by atoms with E-state index < -0.39 is 0 Å². The topological polar surface area (TPSA) is 68.8 Å². The van der Waals surface area contributed by atoms with Gasteiger partial charge in [0.2, 0.25) is 0 Å². The molecule has 3 aromatic rings. The molecule has 0 unspecified atom stereocenters. The summed E-state index contributed by atoms with van der Waals surface area (Å²) in [4.78, 5) is 8.42. The molecule has 5 heteroatoms. The normalized spacial score (nSPS) is 11.1. The van der Waals surface area contributed by atoms with Gasteiger partial charge < -0.3 is 9.99 Å². The number of nitrogen functional groups attached to an aromatic ring is 1. The van der Waals surface area contributed by atoms with E-state index in [1.54, 1.807) is 0 Å². The zero-order valence-corrected chi connectivity index (χ0v) is 8.81. The maximum Gasteiger partial charge on any atom is 0.168 e. The van der Waals surface area contributed by atoms with Crippen LogP contribution in [0.3, 0.4) is 0 Å². The number of anilines is 1. The van der Waals surface area contributed by atoms with Crippen LogP contribution in [0.15, 0.2) is 30.6 Å². The molecular formula is C11H11N5. The van der Waals surface area contributed by atoms with Gasteiger partial charge in [0.1, 0.15) is 17.4 Å². The van der Waals surface area contributed by atoms with Crippen molar-refractivity contribution in [1.82, 2.24) is 14.5 Å². The van der Waals surface area contributed by atoms with E-state index in [2.05, 4.69) is 21.5 Å². The lowest BCUT2D eigenvalue weighted by Gasteiger charge is -2.02. The summed E-state index contributed by atoms with van der Waals surface area (Å²) >= 11 is 0. The van der Waals surface area contributed by atoms with Crippen LogP contribution in [0.5, 0.6) is 0 Å². The summed E-state index contributed by atoms with van der Waals surface area (Å²) in [5.74, 6) is 6.10. The fourth-order valence-electron chi connectivity index (χ4n) is 2.09. The standard InChI is InChI=1S/C11H11N5/c1-16-8-5-3-2-4-7(8)9-10(16)11(15-12)14-6-13-9/h2-6H,12H2,1H3,(H,13,14,15). The molecule has 5 nitrogen and oxygen atoms in total. The third-order valence-corrected chi connectivity index (χ3v) is 2.81. The summed E-state index contributed by atoms with van der Waals surface area (Å²) in [6.45, 7) is 0. The third-order valence-electron chi connectivity index (χ3n) is 2.81. The highest BCUT2D eigenvalue weighted by atomic mass is 15.3. The summed E-state index contributed by atoms with van der Waals surface area (Å²) in [6.07, 6.45) is 1.52. The Balaban J connectivity index is 2.61. The molecule has 0 bridgehead atoms. The van der Waals surface area contributed by atoms with Crippen LogP contribution in [0.4, 0.5) is 5.82 Å². The van der Waals surface area contributed by atoms with E-state index in [1.807, 2.05) is 29.8 Å². The Hall–Kier alpha value is -2.14. The number of hydrazine groups is 1. The van der Waals surface area contributed by atoms with Gasteiger partial charge in [0.25, 0.3) is 0 Å².